The summed E-state index contributed by atoms with van der Waals surface area (Å²) >= 11 is 0. The number of hydrogen-bond acceptors (Lipinski definition) is 1. The number of aryl methyl sites for hydroxylation is 1. The maximum absolute atomic E-state index is 11.2. The summed E-state index contributed by atoms with van der Waals surface area (Å²) in [5.41, 5.74) is 4.69. The average molecular weight is 302 g/mol. The Kier molecular flexibility index (Phi) is 4.31. The van der Waals surface area contributed by atoms with Crippen molar-refractivity contribution < 1.29 is 5.11 Å². The first-order chi connectivity index (χ1) is 11.1. The summed E-state index contributed by atoms with van der Waals surface area (Å²) in [6, 6.07) is 26.6. The molecule has 1 nitrogen and oxygen atoms in total. The van der Waals surface area contributed by atoms with E-state index in [4.69, 9.17) is 0 Å². The molecule has 0 saturated heterocycles. The molecule has 116 valence electrons. The average Bonchev–Trinajstić information content (AvgIpc) is 2.56. The lowest BCUT2D eigenvalue weighted by Crippen LogP contribution is -2.25. The third-order valence-electron chi connectivity index (χ3n) is 4.33. The molecule has 1 N–H and O–H groups in total. The van der Waals surface area contributed by atoms with E-state index in [0.717, 1.165) is 16.7 Å². The highest BCUT2D eigenvalue weighted by atomic mass is 16.3. The Morgan fingerprint density at radius 2 is 1.30 bits per heavy atom. The topological polar surface area (TPSA) is 20.2 Å². The second kappa shape index (κ2) is 6.39. The highest BCUT2D eigenvalue weighted by Crippen LogP contribution is 2.35. The lowest BCUT2D eigenvalue weighted by atomic mass is 9.83. The summed E-state index contributed by atoms with van der Waals surface area (Å²) in [5.74, 6) is 0. The predicted molar refractivity (Wildman–Crippen MR) is 96.3 cm³/mol. The van der Waals surface area contributed by atoms with Gasteiger partial charge >= 0.3 is 0 Å². The van der Waals surface area contributed by atoms with Crippen LogP contribution >= 0.6 is 0 Å². The van der Waals surface area contributed by atoms with Crippen LogP contribution in [0.5, 0.6) is 0 Å². The molecule has 0 aromatic heterocycles. The molecule has 0 aliphatic carbocycles. The molecule has 0 heterocycles. The van der Waals surface area contributed by atoms with E-state index in [2.05, 4.69) is 37.3 Å². The molecule has 1 atom stereocenters. The largest absolute Gasteiger partial charge is 0.385 e. The molecule has 0 bridgehead atoms. The second-order valence-electron chi connectivity index (χ2n) is 6.30. The quantitative estimate of drug-likeness (QED) is 0.710. The lowest BCUT2D eigenvalue weighted by Gasteiger charge is -2.27. The Hall–Kier alpha value is -2.38. The van der Waals surface area contributed by atoms with Crippen LogP contribution in [0.4, 0.5) is 0 Å². The van der Waals surface area contributed by atoms with Crippen molar-refractivity contribution >= 4 is 0 Å². The maximum Gasteiger partial charge on any atom is 0.0914 e. The molecule has 0 amide bonds. The highest BCUT2D eigenvalue weighted by Gasteiger charge is 2.26. The third-order valence-corrected chi connectivity index (χ3v) is 4.33. The van der Waals surface area contributed by atoms with Gasteiger partial charge in [-0.25, -0.2) is 0 Å². The zero-order valence-electron chi connectivity index (χ0n) is 13.7. The van der Waals surface area contributed by atoms with Crippen LogP contribution < -0.4 is 0 Å². The Labute approximate surface area is 138 Å². The molecular weight excluding hydrogens is 280 g/mol. The van der Waals surface area contributed by atoms with Crippen LogP contribution in [0.25, 0.3) is 11.1 Å². The number of hydrogen-bond donors (Lipinski definition) is 1. The van der Waals surface area contributed by atoms with Crippen molar-refractivity contribution in [2.45, 2.75) is 25.9 Å². The van der Waals surface area contributed by atoms with Crippen LogP contribution in [0.1, 0.15) is 23.6 Å². The normalized spacial score (nSPS) is 13.5. The standard InChI is InChI=1S/C22H22O/c1-17-10-6-7-13-19(17)20-14-8-9-15-21(20)22(2,23)16-18-11-4-3-5-12-18/h3-15,23H,16H2,1-2H3. The molecule has 0 radical (unpaired) electrons. The van der Waals surface area contributed by atoms with E-state index < -0.39 is 5.60 Å². The van der Waals surface area contributed by atoms with Crippen LogP contribution in [0.3, 0.4) is 0 Å². The maximum atomic E-state index is 11.2. The van der Waals surface area contributed by atoms with E-state index >= 15 is 0 Å². The van der Waals surface area contributed by atoms with E-state index in [0.29, 0.717) is 6.42 Å². The van der Waals surface area contributed by atoms with Gasteiger partial charge in [-0.3, -0.25) is 0 Å². The van der Waals surface area contributed by atoms with Crippen molar-refractivity contribution in [3.63, 3.8) is 0 Å². The Morgan fingerprint density at radius 1 is 0.739 bits per heavy atom. The first-order valence-electron chi connectivity index (χ1n) is 8.00. The summed E-state index contributed by atoms with van der Waals surface area (Å²) < 4.78 is 0. The smallest absolute Gasteiger partial charge is 0.0914 e. The van der Waals surface area contributed by atoms with Gasteiger partial charge in [-0.15, -0.1) is 0 Å². The van der Waals surface area contributed by atoms with Crippen molar-refractivity contribution in [3.8, 4) is 11.1 Å². The monoisotopic (exact) mass is 302 g/mol. The van der Waals surface area contributed by atoms with E-state index in [1.807, 2.05) is 55.5 Å². The fraction of sp³-hybridized carbons (Fsp3) is 0.182. The van der Waals surface area contributed by atoms with Gasteiger partial charge in [-0.2, -0.15) is 0 Å². The molecule has 3 rings (SSSR count). The van der Waals surface area contributed by atoms with Crippen LogP contribution in [0.2, 0.25) is 0 Å². The van der Waals surface area contributed by atoms with E-state index in [-0.39, 0.29) is 0 Å². The van der Waals surface area contributed by atoms with Gasteiger partial charge < -0.3 is 5.11 Å². The number of aliphatic hydroxyl groups is 1. The SMILES string of the molecule is Cc1ccccc1-c1ccccc1C(C)(O)Cc1ccccc1. The fourth-order valence-electron chi connectivity index (χ4n) is 3.15. The Bertz CT molecular complexity index is 788. The molecule has 0 saturated carbocycles. The fourth-order valence-corrected chi connectivity index (χ4v) is 3.15. The molecule has 0 aliphatic rings. The van der Waals surface area contributed by atoms with E-state index in [9.17, 15) is 5.11 Å². The third kappa shape index (κ3) is 3.35. The van der Waals surface area contributed by atoms with Crippen molar-refractivity contribution in [2.24, 2.45) is 0 Å². The predicted octanol–water partition coefficient (Wildman–Crippen LogP) is 5.11. The first-order valence-corrected chi connectivity index (χ1v) is 8.00. The molecule has 1 unspecified atom stereocenters. The van der Waals surface area contributed by atoms with E-state index in [1.165, 1.54) is 11.1 Å². The van der Waals surface area contributed by atoms with Gasteiger partial charge in [0.2, 0.25) is 0 Å². The number of benzene rings is 3. The Morgan fingerprint density at radius 3 is 2.00 bits per heavy atom. The van der Waals surface area contributed by atoms with E-state index in [1.54, 1.807) is 0 Å². The molecule has 3 aromatic rings. The first kappa shape index (κ1) is 15.5. The van der Waals surface area contributed by atoms with Gasteiger partial charge in [-0.05, 0) is 41.7 Å². The van der Waals surface area contributed by atoms with Crippen molar-refractivity contribution in [1.29, 1.82) is 0 Å². The minimum Gasteiger partial charge on any atom is -0.385 e. The van der Waals surface area contributed by atoms with Gasteiger partial charge in [0, 0.05) is 6.42 Å². The zero-order valence-corrected chi connectivity index (χ0v) is 13.7. The summed E-state index contributed by atoms with van der Waals surface area (Å²) in [4.78, 5) is 0. The second-order valence-corrected chi connectivity index (χ2v) is 6.30. The lowest BCUT2D eigenvalue weighted by molar-refractivity contribution is 0.0582. The minimum absolute atomic E-state index is 0.594. The molecule has 3 aromatic carbocycles. The minimum atomic E-state index is -0.916. The summed E-state index contributed by atoms with van der Waals surface area (Å²) in [5, 5.41) is 11.2. The molecule has 0 aliphatic heterocycles. The van der Waals surface area contributed by atoms with Crippen LogP contribution in [-0.4, -0.2) is 5.11 Å². The molecular formula is C22H22O. The molecule has 23 heavy (non-hydrogen) atoms. The summed E-state index contributed by atoms with van der Waals surface area (Å²) in [6.45, 7) is 4.01. The molecule has 0 spiro atoms. The van der Waals surface area contributed by atoms with Crippen LogP contribution in [-0.2, 0) is 12.0 Å². The molecule has 1 heteroatoms. The van der Waals surface area contributed by atoms with Crippen molar-refractivity contribution in [1.82, 2.24) is 0 Å². The van der Waals surface area contributed by atoms with Crippen LogP contribution in [0, 0.1) is 6.92 Å². The van der Waals surface area contributed by atoms with Gasteiger partial charge in [0.1, 0.15) is 0 Å². The van der Waals surface area contributed by atoms with Crippen molar-refractivity contribution in [3.05, 3.63) is 95.6 Å². The van der Waals surface area contributed by atoms with Gasteiger partial charge in [0.25, 0.3) is 0 Å². The molecule has 0 fully saturated rings. The summed E-state index contributed by atoms with van der Waals surface area (Å²) in [7, 11) is 0. The van der Waals surface area contributed by atoms with Gasteiger partial charge in [0.05, 0.1) is 5.60 Å². The summed E-state index contributed by atoms with van der Waals surface area (Å²) in [6.07, 6.45) is 0.594. The number of rotatable bonds is 4. The van der Waals surface area contributed by atoms with Gasteiger partial charge in [0.15, 0.2) is 0 Å². The highest BCUT2D eigenvalue weighted by molar-refractivity contribution is 5.71. The Balaban J connectivity index is 2.05. The van der Waals surface area contributed by atoms with Crippen molar-refractivity contribution in [2.75, 3.05) is 0 Å². The zero-order chi connectivity index (χ0) is 16.3. The van der Waals surface area contributed by atoms with Crippen LogP contribution in [0.15, 0.2) is 78.9 Å². The van der Waals surface area contributed by atoms with Gasteiger partial charge in [-0.1, -0.05) is 78.9 Å².